The molecule has 0 aliphatic carbocycles. The molecule has 18 heavy (non-hydrogen) atoms. The van der Waals surface area contributed by atoms with Gasteiger partial charge >= 0.3 is 5.97 Å². The van der Waals surface area contributed by atoms with E-state index in [-0.39, 0.29) is 5.69 Å². The molecule has 100 valence electrons. The highest BCUT2D eigenvalue weighted by Gasteiger charge is 2.09. The number of hydrogen-bond donors (Lipinski definition) is 2. The number of hydrogen-bond acceptors (Lipinski definition) is 5. The van der Waals surface area contributed by atoms with Crippen molar-refractivity contribution in [2.24, 2.45) is 5.92 Å². The second-order valence-corrected chi connectivity index (χ2v) is 4.59. The first-order chi connectivity index (χ1) is 8.54. The molecule has 5 nitrogen and oxygen atoms in total. The summed E-state index contributed by atoms with van der Waals surface area (Å²) in [6.45, 7) is 5.16. The van der Waals surface area contributed by atoms with E-state index in [1.54, 1.807) is 12.1 Å². The molecule has 1 aromatic rings. The molecule has 0 unspecified atom stereocenters. The van der Waals surface area contributed by atoms with Crippen molar-refractivity contribution in [2.75, 3.05) is 24.7 Å². The zero-order chi connectivity index (χ0) is 13.5. The van der Waals surface area contributed by atoms with Gasteiger partial charge < -0.3 is 15.8 Å². The number of nitrogens with one attached hydrogen (secondary N) is 1. The number of anilines is 2. The summed E-state index contributed by atoms with van der Waals surface area (Å²) in [4.78, 5) is 15.5. The number of pyridine rings is 1. The van der Waals surface area contributed by atoms with Gasteiger partial charge in [-0.05, 0) is 30.9 Å². The standard InChI is InChI=1S/C13H21N3O2/c1-9(2)5-4-8-15-12-10(14)6-7-11(16-12)13(17)18-3/h6-7,9H,4-5,8,14H2,1-3H3,(H,15,16). The molecule has 0 amide bonds. The van der Waals surface area contributed by atoms with Gasteiger partial charge in [-0.2, -0.15) is 0 Å². The molecule has 5 heteroatoms. The van der Waals surface area contributed by atoms with Gasteiger partial charge in [-0.25, -0.2) is 9.78 Å². The molecule has 0 aliphatic rings. The van der Waals surface area contributed by atoms with Crippen LogP contribution in [0.3, 0.4) is 0 Å². The van der Waals surface area contributed by atoms with Gasteiger partial charge in [0.2, 0.25) is 0 Å². The highest BCUT2D eigenvalue weighted by molar-refractivity contribution is 5.88. The summed E-state index contributed by atoms with van der Waals surface area (Å²) >= 11 is 0. The molecule has 0 bridgehead atoms. The van der Waals surface area contributed by atoms with E-state index in [9.17, 15) is 4.79 Å². The van der Waals surface area contributed by atoms with E-state index in [0.717, 1.165) is 19.4 Å². The molecule has 0 spiro atoms. The van der Waals surface area contributed by atoms with Gasteiger partial charge in [-0.15, -0.1) is 0 Å². The second-order valence-electron chi connectivity index (χ2n) is 4.59. The van der Waals surface area contributed by atoms with Crippen molar-refractivity contribution in [3.63, 3.8) is 0 Å². The number of nitrogens with two attached hydrogens (primary N) is 1. The molecule has 1 aromatic heterocycles. The molecule has 0 fully saturated rings. The van der Waals surface area contributed by atoms with Crippen LogP contribution >= 0.6 is 0 Å². The highest BCUT2D eigenvalue weighted by atomic mass is 16.5. The summed E-state index contributed by atoms with van der Waals surface area (Å²) in [6, 6.07) is 3.21. The summed E-state index contributed by atoms with van der Waals surface area (Å²) in [5.74, 6) is 0.764. The van der Waals surface area contributed by atoms with Crippen molar-refractivity contribution < 1.29 is 9.53 Å². The smallest absolute Gasteiger partial charge is 0.356 e. The molecule has 3 N–H and O–H groups in total. The van der Waals surface area contributed by atoms with E-state index < -0.39 is 5.97 Å². The fourth-order valence-corrected chi connectivity index (χ4v) is 1.55. The third-order valence-electron chi connectivity index (χ3n) is 2.57. The molecule has 0 saturated heterocycles. The van der Waals surface area contributed by atoms with Gasteiger partial charge in [0.1, 0.15) is 5.82 Å². The van der Waals surface area contributed by atoms with Crippen LogP contribution in [0.5, 0.6) is 0 Å². The van der Waals surface area contributed by atoms with Crippen molar-refractivity contribution in [3.05, 3.63) is 17.8 Å². The Morgan fingerprint density at radius 3 is 2.83 bits per heavy atom. The lowest BCUT2D eigenvalue weighted by Gasteiger charge is -2.10. The van der Waals surface area contributed by atoms with E-state index in [2.05, 4.69) is 28.9 Å². The van der Waals surface area contributed by atoms with Crippen molar-refractivity contribution in [1.82, 2.24) is 4.98 Å². The van der Waals surface area contributed by atoms with Crippen molar-refractivity contribution >= 4 is 17.5 Å². The molecule has 0 atom stereocenters. The molecular weight excluding hydrogens is 230 g/mol. The lowest BCUT2D eigenvalue weighted by molar-refractivity contribution is 0.0594. The third kappa shape index (κ3) is 4.24. The molecule has 0 radical (unpaired) electrons. The largest absolute Gasteiger partial charge is 0.464 e. The van der Waals surface area contributed by atoms with E-state index in [1.165, 1.54) is 7.11 Å². The molecule has 0 saturated carbocycles. The molecule has 1 rings (SSSR count). The van der Waals surface area contributed by atoms with Crippen molar-refractivity contribution in [1.29, 1.82) is 0 Å². The summed E-state index contributed by atoms with van der Waals surface area (Å²) in [6.07, 6.45) is 2.19. The van der Waals surface area contributed by atoms with Crippen molar-refractivity contribution in [2.45, 2.75) is 26.7 Å². The lowest BCUT2D eigenvalue weighted by Crippen LogP contribution is -2.11. The van der Waals surface area contributed by atoms with Gasteiger partial charge in [-0.1, -0.05) is 13.8 Å². The summed E-state index contributed by atoms with van der Waals surface area (Å²) in [5, 5.41) is 3.14. The Kier molecular flexibility index (Phi) is 5.42. The first-order valence-corrected chi connectivity index (χ1v) is 6.13. The Morgan fingerprint density at radius 2 is 2.22 bits per heavy atom. The summed E-state index contributed by atoms with van der Waals surface area (Å²) < 4.78 is 4.62. The number of esters is 1. The van der Waals surface area contributed by atoms with Crippen LogP contribution in [0.4, 0.5) is 11.5 Å². The van der Waals surface area contributed by atoms with Crippen LogP contribution in [0.2, 0.25) is 0 Å². The van der Waals surface area contributed by atoms with Crippen LogP contribution in [0, 0.1) is 5.92 Å². The topological polar surface area (TPSA) is 77.2 Å². The summed E-state index contributed by atoms with van der Waals surface area (Å²) in [5.41, 5.74) is 6.59. The average molecular weight is 251 g/mol. The van der Waals surface area contributed by atoms with Crippen molar-refractivity contribution in [3.8, 4) is 0 Å². The second kappa shape index (κ2) is 6.83. The third-order valence-corrected chi connectivity index (χ3v) is 2.57. The van der Waals surface area contributed by atoms with Gasteiger partial charge in [-0.3, -0.25) is 0 Å². The molecular formula is C13H21N3O2. The van der Waals surface area contributed by atoms with Gasteiger partial charge in [0.25, 0.3) is 0 Å². The van der Waals surface area contributed by atoms with E-state index in [4.69, 9.17) is 5.73 Å². The minimum absolute atomic E-state index is 0.262. The van der Waals surface area contributed by atoms with Crippen LogP contribution in [-0.2, 0) is 4.74 Å². The number of carbonyl (C=O) groups excluding carboxylic acids is 1. The predicted molar refractivity (Wildman–Crippen MR) is 72.6 cm³/mol. The monoisotopic (exact) mass is 251 g/mol. The fourth-order valence-electron chi connectivity index (χ4n) is 1.55. The maximum Gasteiger partial charge on any atom is 0.356 e. The van der Waals surface area contributed by atoms with E-state index in [0.29, 0.717) is 17.4 Å². The van der Waals surface area contributed by atoms with Crippen LogP contribution in [0.1, 0.15) is 37.2 Å². The predicted octanol–water partition coefficient (Wildman–Crippen LogP) is 2.30. The molecule has 1 heterocycles. The summed E-state index contributed by atoms with van der Waals surface area (Å²) in [7, 11) is 1.33. The number of aromatic nitrogens is 1. The maximum absolute atomic E-state index is 11.3. The first-order valence-electron chi connectivity index (χ1n) is 6.13. The Labute approximate surface area is 108 Å². The number of ether oxygens (including phenoxy) is 1. The fraction of sp³-hybridized carbons (Fsp3) is 0.538. The number of nitrogen functional groups attached to an aromatic ring is 1. The van der Waals surface area contributed by atoms with Gasteiger partial charge in [0.15, 0.2) is 5.69 Å². The Balaban J connectivity index is 2.61. The molecule has 0 aliphatic heterocycles. The Bertz CT molecular complexity index is 405. The minimum Gasteiger partial charge on any atom is -0.464 e. The number of carbonyl (C=O) groups is 1. The van der Waals surface area contributed by atoms with Gasteiger partial charge in [0, 0.05) is 6.54 Å². The first kappa shape index (κ1) is 14.3. The average Bonchev–Trinajstić information content (AvgIpc) is 2.35. The Hall–Kier alpha value is -1.78. The maximum atomic E-state index is 11.3. The normalized spacial score (nSPS) is 10.4. The van der Waals surface area contributed by atoms with E-state index >= 15 is 0 Å². The van der Waals surface area contributed by atoms with Crippen LogP contribution in [0.15, 0.2) is 12.1 Å². The Morgan fingerprint density at radius 1 is 1.50 bits per heavy atom. The number of nitrogens with zero attached hydrogens (tertiary/aromatic N) is 1. The van der Waals surface area contributed by atoms with E-state index in [1.807, 2.05) is 0 Å². The van der Waals surface area contributed by atoms with Crippen LogP contribution in [0.25, 0.3) is 0 Å². The SMILES string of the molecule is COC(=O)c1ccc(N)c(NCCCC(C)C)n1. The van der Waals surface area contributed by atoms with Crippen LogP contribution in [-0.4, -0.2) is 24.6 Å². The molecule has 0 aromatic carbocycles. The minimum atomic E-state index is -0.458. The number of methoxy groups -OCH3 is 1. The zero-order valence-electron chi connectivity index (χ0n) is 11.2. The quantitative estimate of drug-likeness (QED) is 0.599. The van der Waals surface area contributed by atoms with Gasteiger partial charge in [0.05, 0.1) is 12.8 Å². The van der Waals surface area contributed by atoms with Crippen LogP contribution < -0.4 is 11.1 Å². The lowest BCUT2D eigenvalue weighted by atomic mass is 10.1. The highest BCUT2D eigenvalue weighted by Crippen LogP contribution is 2.16. The zero-order valence-corrected chi connectivity index (χ0v) is 11.2. The number of rotatable bonds is 6.